The van der Waals surface area contributed by atoms with Gasteiger partial charge in [-0.05, 0) is 91.6 Å². The van der Waals surface area contributed by atoms with Crippen LogP contribution in [0.2, 0.25) is 0 Å². The quantitative estimate of drug-likeness (QED) is 0.343. The standard InChI is InChI=1S/C24H26N2O.2C2HF3O2/c1-18-4-6-22(27-18)17-26-13-10-24(11-14-26)9-8-20-15-19(5-7-23(20)24)21-3-2-12-25-16-21;2*3-2(4,5)1(6)7/h2-7,12,15-16H,8-11,13-14,17H2,1H3;2*(H,6,7). The largest absolute Gasteiger partial charge is 0.490 e. The molecule has 1 fully saturated rings. The van der Waals surface area contributed by atoms with Crippen LogP contribution in [0.5, 0.6) is 0 Å². The zero-order valence-electron chi connectivity index (χ0n) is 21.9. The number of aromatic nitrogens is 1. The van der Waals surface area contributed by atoms with Crippen molar-refractivity contribution in [2.24, 2.45) is 0 Å². The smallest absolute Gasteiger partial charge is 0.475 e. The molecular weight excluding hydrogens is 558 g/mol. The van der Waals surface area contributed by atoms with Crippen LogP contribution in [0.3, 0.4) is 0 Å². The van der Waals surface area contributed by atoms with E-state index in [2.05, 4.69) is 46.3 Å². The summed E-state index contributed by atoms with van der Waals surface area (Å²) in [6.45, 7) is 5.27. The fraction of sp³-hybridized carbons (Fsp3) is 0.393. The summed E-state index contributed by atoms with van der Waals surface area (Å²) in [5.74, 6) is -3.41. The van der Waals surface area contributed by atoms with Crippen molar-refractivity contribution in [2.75, 3.05) is 13.1 Å². The average molecular weight is 587 g/mol. The van der Waals surface area contributed by atoms with Crippen LogP contribution in [0.25, 0.3) is 11.1 Å². The monoisotopic (exact) mass is 586 g/mol. The number of carboxylic acids is 2. The Bertz CT molecular complexity index is 1310. The van der Waals surface area contributed by atoms with Gasteiger partial charge in [-0.3, -0.25) is 9.88 Å². The van der Waals surface area contributed by atoms with Gasteiger partial charge in [0, 0.05) is 12.4 Å². The highest BCUT2D eigenvalue weighted by molar-refractivity contribution is 5.73. The van der Waals surface area contributed by atoms with E-state index in [1.165, 1.54) is 36.8 Å². The van der Waals surface area contributed by atoms with Crippen LogP contribution in [0.1, 0.15) is 41.9 Å². The summed E-state index contributed by atoms with van der Waals surface area (Å²) >= 11 is 0. The van der Waals surface area contributed by atoms with Gasteiger partial charge in [-0.2, -0.15) is 26.3 Å². The number of carboxylic acid groups (broad SMARTS) is 2. The van der Waals surface area contributed by atoms with Gasteiger partial charge in [0.05, 0.1) is 6.54 Å². The lowest BCUT2D eigenvalue weighted by molar-refractivity contribution is -0.193. The summed E-state index contributed by atoms with van der Waals surface area (Å²) in [5, 5.41) is 14.2. The first kappa shape index (κ1) is 31.7. The third-order valence-corrected chi connectivity index (χ3v) is 7.02. The molecule has 7 nitrogen and oxygen atoms in total. The number of carbonyl (C=O) groups is 2. The molecule has 222 valence electrons. The van der Waals surface area contributed by atoms with Crippen LogP contribution >= 0.6 is 0 Å². The molecule has 1 aliphatic carbocycles. The number of halogens is 6. The van der Waals surface area contributed by atoms with Gasteiger partial charge in [-0.1, -0.05) is 24.3 Å². The lowest BCUT2D eigenvalue weighted by Crippen LogP contribution is -2.41. The van der Waals surface area contributed by atoms with Gasteiger partial charge in [-0.15, -0.1) is 0 Å². The van der Waals surface area contributed by atoms with Gasteiger partial charge in [0.2, 0.25) is 0 Å². The molecule has 0 saturated carbocycles. The molecule has 1 aliphatic heterocycles. The van der Waals surface area contributed by atoms with Crippen molar-refractivity contribution in [1.29, 1.82) is 0 Å². The Hall–Kier alpha value is -3.87. The molecule has 5 rings (SSSR count). The minimum Gasteiger partial charge on any atom is -0.475 e. The highest BCUT2D eigenvalue weighted by Crippen LogP contribution is 2.47. The molecule has 2 aliphatic rings. The number of fused-ring (bicyclic) bond motifs is 2. The van der Waals surface area contributed by atoms with E-state index in [4.69, 9.17) is 24.2 Å². The van der Waals surface area contributed by atoms with Gasteiger partial charge in [0.25, 0.3) is 0 Å². The molecule has 41 heavy (non-hydrogen) atoms. The predicted octanol–water partition coefficient (Wildman–Crippen LogP) is 6.40. The molecule has 0 radical (unpaired) electrons. The summed E-state index contributed by atoms with van der Waals surface area (Å²) in [7, 11) is 0. The Morgan fingerprint density at radius 1 is 0.927 bits per heavy atom. The molecule has 13 heteroatoms. The molecule has 0 atom stereocenters. The highest BCUT2D eigenvalue weighted by Gasteiger charge is 2.41. The molecule has 3 aromatic rings. The third kappa shape index (κ3) is 8.56. The van der Waals surface area contributed by atoms with Crippen molar-refractivity contribution in [3.05, 3.63) is 77.5 Å². The SMILES string of the molecule is Cc1ccc(CN2CCC3(CCc4cc(-c5cccnc5)ccc43)CC2)o1.O=C(O)C(F)(F)F.O=C(O)C(F)(F)F. The van der Waals surface area contributed by atoms with Crippen molar-refractivity contribution >= 4 is 11.9 Å². The number of furan rings is 1. The number of piperidine rings is 1. The first-order valence-electron chi connectivity index (χ1n) is 12.5. The van der Waals surface area contributed by atoms with E-state index >= 15 is 0 Å². The molecular formula is C28H28F6N2O5. The second-order valence-electron chi connectivity index (χ2n) is 9.79. The van der Waals surface area contributed by atoms with Crippen molar-refractivity contribution < 1.29 is 50.6 Å². The van der Waals surface area contributed by atoms with E-state index in [9.17, 15) is 26.3 Å². The minimum atomic E-state index is -5.08. The molecule has 2 N–H and O–H groups in total. The minimum absolute atomic E-state index is 0.387. The predicted molar refractivity (Wildman–Crippen MR) is 135 cm³/mol. The fourth-order valence-electron chi connectivity index (χ4n) is 4.99. The van der Waals surface area contributed by atoms with E-state index in [-0.39, 0.29) is 0 Å². The average Bonchev–Trinajstić information content (AvgIpc) is 3.48. The van der Waals surface area contributed by atoms with Crippen LogP contribution in [0.4, 0.5) is 26.3 Å². The molecule has 0 amide bonds. The van der Waals surface area contributed by atoms with Gasteiger partial charge >= 0.3 is 24.3 Å². The second-order valence-corrected chi connectivity index (χ2v) is 9.79. The topological polar surface area (TPSA) is 104 Å². The van der Waals surface area contributed by atoms with E-state index in [1.54, 1.807) is 11.1 Å². The first-order valence-corrected chi connectivity index (χ1v) is 12.5. The first-order chi connectivity index (χ1) is 19.1. The summed E-state index contributed by atoms with van der Waals surface area (Å²) in [6.07, 6.45) is -1.35. The number of hydrogen-bond acceptors (Lipinski definition) is 5. The van der Waals surface area contributed by atoms with Gasteiger partial charge in [0.15, 0.2) is 0 Å². The van der Waals surface area contributed by atoms with Crippen LogP contribution < -0.4 is 0 Å². The number of aryl methyl sites for hydroxylation is 2. The number of alkyl halides is 6. The number of likely N-dealkylation sites (tertiary alicyclic amines) is 1. The number of benzene rings is 1. The van der Waals surface area contributed by atoms with Crippen molar-refractivity contribution in [3.8, 4) is 11.1 Å². The van der Waals surface area contributed by atoms with Gasteiger partial charge in [0.1, 0.15) is 11.5 Å². The molecule has 0 unspecified atom stereocenters. The Balaban J connectivity index is 0.000000276. The molecule has 0 bridgehead atoms. The molecule has 3 heterocycles. The Kier molecular flexibility index (Phi) is 9.85. The zero-order chi connectivity index (χ0) is 30.4. The molecule has 2 aromatic heterocycles. The maximum atomic E-state index is 10.6. The third-order valence-electron chi connectivity index (χ3n) is 7.02. The van der Waals surface area contributed by atoms with Crippen molar-refractivity contribution in [1.82, 2.24) is 9.88 Å². The van der Waals surface area contributed by atoms with Crippen molar-refractivity contribution in [2.45, 2.75) is 56.9 Å². The molecule has 1 saturated heterocycles. The number of rotatable bonds is 3. The summed E-state index contributed by atoms with van der Waals surface area (Å²) in [4.78, 5) is 24.6. The summed E-state index contributed by atoms with van der Waals surface area (Å²) in [6, 6.07) is 15.4. The number of nitrogens with zero attached hydrogens (tertiary/aromatic N) is 2. The van der Waals surface area contributed by atoms with E-state index in [0.29, 0.717) is 5.41 Å². The van der Waals surface area contributed by atoms with E-state index in [0.717, 1.165) is 31.2 Å². The van der Waals surface area contributed by atoms with Crippen molar-refractivity contribution in [3.63, 3.8) is 0 Å². The number of hydrogen-bond donors (Lipinski definition) is 2. The molecule has 1 spiro atoms. The lowest BCUT2D eigenvalue weighted by atomic mass is 9.73. The van der Waals surface area contributed by atoms with Gasteiger partial charge < -0.3 is 14.6 Å². The Labute approximate surface area is 231 Å². The summed E-state index contributed by atoms with van der Waals surface area (Å²) in [5.41, 5.74) is 6.04. The maximum absolute atomic E-state index is 10.6. The lowest BCUT2D eigenvalue weighted by Gasteiger charge is -2.40. The Morgan fingerprint density at radius 3 is 2.02 bits per heavy atom. The number of pyridine rings is 1. The van der Waals surface area contributed by atoms with Crippen LogP contribution in [0.15, 0.2) is 59.3 Å². The van der Waals surface area contributed by atoms with Crippen LogP contribution in [-0.4, -0.2) is 57.5 Å². The zero-order valence-corrected chi connectivity index (χ0v) is 21.9. The van der Waals surface area contributed by atoms with Crippen LogP contribution in [0, 0.1) is 6.92 Å². The second kappa shape index (κ2) is 12.8. The van der Waals surface area contributed by atoms with Gasteiger partial charge in [-0.25, -0.2) is 9.59 Å². The normalized spacial score (nSPS) is 16.2. The van der Waals surface area contributed by atoms with E-state index < -0.39 is 24.3 Å². The fourth-order valence-corrected chi connectivity index (χ4v) is 4.99. The number of aliphatic carboxylic acids is 2. The molecule has 1 aromatic carbocycles. The maximum Gasteiger partial charge on any atom is 0.490 e. The van der Waals surface area contributed by atoms with E-state index in [1.807, 2.05) is 25.4 Å². The van der Waals surface area contributed by atoms with Crippen LogP contribution in [-0.2, 0) is 28.0 Å². The highest BCUT2D eigenvalue weighted by atomic mass is 19.4. The summed E-state index contributed by atoms with van der Waals surface area (Å²) < 4.78 is 69.2. The Morgan fingerprint density at radius 2 is 1.54 bits per heavy atom.